The molecule has 1 heterocycles. The first-order valence-electron chi connectivity index (χ1n) is 11.1. The number of carboxylic acid groups (broad SMARTS) is 1. The molecule has 0 saturated carbocycles. The molecule has 0 aliphatic carbocycles. The second-order valence-corrected chi connectivity index (χ2v) is 8.07. The summed E-state index contributed by atoms with van der Waals surface area (Å²) >= 11 is 0. The van der Waals surface area contributed by atoms with Gasteiger partial charge in [0.25, 0.3) is 0 Å². The number of carbonyl (C=O) groups is 2. The number of halogens is 1. The molecule has 0 unspecified atom stereocenters. The van der Waals surface area contributed by atoms with Crippen molar-refractivity contribution < 1.29 is 14.7 Å². The highest BCUT2D eigenvalue weighted by molar-refractivity contribution is 6.08. The molecule has 0 bridgehead atoms. The molecule has 1 aromatic heterocycles. The van der Waals surface area contributed by atoms with Crippen molar-refractivity contribution in [2.45, 2.75) is 6.42 Å². The van der Waals surface area contributed by atoms with E-state index in [-0.39, 0.29) is 24.9 Å². The van der Waals surface area contributed by atoms with Crippen LogP contribution in [0.3, 0.4) is 0 Å². The highest BCUT2D eigenvalue weighted by atomic mass is 35.5. The summed E-state index contributed by atoms with van der Waals surface area (Å²) in [5.74, 6) is -0.897. The van der Waals surface area contributed by atoms with Gasteiger partial charge in [-0.05, 0) is 54.1 Å². The summed E-state index contributed by atoms with van der Waals surface area (Å²) in [6, 6.07) is 29.8. The lowest BCUT2D eigenvalue weighted by Gasteiger charge is -2.14. The average Bonchev–Trinajstić information content (AvgIpc) is 2.86. The maximum Gasteiger partial charge on any atom is 0.323 e. The van der Waals surface area contributed by atoms with E-state index in [9.17, 15) is 9.59 Å². The Bertz CT molecular complexity index is 1480. The molecule has 180 valence electrons. The number of hydrogen-bond acceptors (Lipinski definition) is 4. The van der Waals surface area contributed by atoms with E-state index in [2.05, 4.69) is 16.0 Å². The molecule has 8 heteroatoms. The van der Waals surface area contributed by atoms with Crippen LogP contribution in [0.15, 0.2) is 97.1 Å². The Labute approximate surface area is 213 Å². The van der Waals surface area contributed by atoms with Crippen molar-refractivity contribution in [3.63, 3.8) is 0 Å². The molecular formula is C28H23ClN4O3. The molecule has 4 aromatic carbocycles. The van der Waals surface area contributed by atoms with Gasteiger partial charge in [0, 0.05) is 27.8 Å². The fraction of sp³-hybridized carbons (Fsp3) is 0.0357. The molecular weight excluding hydrogens is 476 g/mol. The fourth-order valence-electron chi connectivity index (χ4n) is 3.93. The Hall–Kier alpha value is -4.62. The minimum atomic E-state index is -0.897. The molecule has 36 heavy (non-hydrogen) atoms. The quantitative estimate of drug-likeness (QED) is 0.192. The molecule has 7 nitrogen and oxygen atoms in total. The number of hydrogen-bond donors (Lipinski definition) is 4. The van der Waals surface area contributed by atoms with Crippen LogP contribution in [0.25, 0.3) is 21.8 Å². The van der Waals surface area contributed by atoms with Gasteiger partial charge in [0.1, 0.15) is 0 Å². The fourth-order valence-corrected chi connectivity index (χ4v) is 3.93. The zero-order chi connectivity index (χ0) is 24.2. The second kappa shape index (κ2) is 10.8. The third-order valence-corrected chi connectivity index (χ3v) is 5.57. The van der Waals surface area contributed by atoms with Crippen molar-refractivity contribution in [3.05, 3.63) is 103 Å². The van der Waals surface area contributed by atoms with Crippen molar-refractivity contribution in [2.24, 2.45) is 0 Å². The van der Waals surface area contributed by atoms with Crippen molar-refractivity contribution >= 4 is 69.0 Å². The Morgan fingerprint density at radius 1 is 0.667 bits per heavy atom. The number of urea groups is 1. The molecule has 0 radical (unpaired) electrons. The summed E-state index contributed by atoms with van der Waals surface area (Å²) < 4.78 is 0. The number of carbonyl (C=O) groups excluding carboxylic acids is 1. The number of nitrogens with zero attached hydrogens (tertiary/aromatic N) is 1. The van der Waals surface area contributed by atoms with Gasteiger partial charge in [-0.25, -0.2) is 9.78 Å². The van der Waals surface area contributed by atoms with Gasteiger partial charge in [-0.2, -0.15) is 0 Å². The van der Waals surface area contributed by atoms with Crippen LogP contribution >= 0.6 is 12.4 Å². The van der Waals surface area contributed by atoms with E-state index in [0.717, 1.165) is 33.2 Å². The number of aromatic nitrogens is 1. The third-order valence-electron chi connectivity index (χ3n) is 5.57. The van der Waals surface area contributed by atoms with Crippen molar-refractivity contribution in [1.82, 2.24) is 4.98 Å². The van der Waals surface area contributed by atoms with E-state index < -0.39 is 5.97 Å². The highest BCUT2D eigenvalue weighted by Gasteiger charge is 2.10. The lowest BCUT2D eigenvalue weighted by Crippen LogP contribution is -2.19. The van der Waals surface area contributed by atoms with Gasteiger partial charge in [-0.3, -0.25) is 4.79 Å². The molecule has 0 spiro atoms. The molecule has 0 saturated heterocycles. The smallest absolute Gasteiger partial charge is 0.323 e. The number of aliphatic carboxylic acids is 1. The van der Waals surface area contributed by atoms with Crippen LogP contribution in [0, 0.1) is 0 Å². The van der Waals surface area contributed by atoms with E-state index in [1.165, 1.54) is 0 Å². The molecule has 5 rings (SSSR count). The monoisotopic (exact) mass is 498 g/mol. The minimum Gasteiger partial charge on any atom is -0.481 e. The van der Waals surface area contributed by atoms with Gasteiger partial charge in [0.2, 0.25) is 0 Å². The lowest BCUT2D eigenvalue weighted by atomic mass is 10.1. The molecule has 4 N–H and O–H groups in total. The molecule has 0 aliphatic heterocycles. The zero-order valence-corrected chi connectivity index (χ0v) is 19.9. The van der Waals surface area contributed by atoms with E-state index in [0.29, 0.717) is 16.9 Å². The van der Waals surface area contributed by atoms with Gasteiger partial charge in [-0.15, -0.1) is 12.4 Å². The average molecular weight is 499 g/mol. The largest absolute Gasteiger partial charge is 0.481 e. The summed E-state index contributed by atoms with van der Waals surface area (Å²) in [6.07, 6.45) is -0.0576. The maximum atomic E-state index is 12.4. The zero-order valence-electron chi connectivity index (χ0n) is 19.1. The van der Waals surface area contributed by atoms with Crippen molar-refractivity contribution in [3.8, 4) is 0 Å². The summed E-state index contributed by atoms with van der Waals surface area (Å²) in [5, 5.41) is 20.0. The van der Waals surface area contributed by atoms with Gasteiger partial charge in [0.05, 0.1) is 23.1 Å². The van der Waals surface area contributed by atoms with E-state index in [1.54, 1.807) is 24.3 Å². The van der Waals surface area contributed by atoms with Crippen LogP contribution < -0.4 is 16.0 Å². The summed E-state index contributed by atoms with van der Waals surface area (Å²) in [5.41, 5.74) is 5.58. The Kier molecular flexibility index (Phi) is 7.32. The van der Waals surface area contributed by atoms with Crippen LogP contribution in [0.1, 0.15) is 5.56 Å². The number of benzene rings is 4. The summed E-state index contributed by atoms with van der Waals surface area (Å²) in [4.78, 5) is 27.9. The van der Waals surface area contributed by atoms with E-state index in [4.69, 9.17) is 10.1 Å². The molecule has 0 fully saturated rings. The first kappa shape index (κ1) is 24.5. The number of nitrogens with one attached hydrogen (secondary N) is 3. The number of carboxylic acids is 1. The number of rotatable bonds is 6. The predicted molar refractivity (Wildman–Crippen MR) is 147 cm³/mol. The number of para-hydroxylation sites is 2. The number of anilines is 4. The second-order valence-electron chi connectivity index (χ2n) is 8.07. The normalized spacial score (nSPS) is 10.4. The standard InChI is InChI=1S/C28H22N4O3.ClH/c33-26(34)17-18-9-11-20(12-10-18)30-28(35)31-21-15-13-19(14-16-21)29-27-22-5-1-3-7-24(22)32-25-8-4-2-6-23(25)27;/h1-16H,17H2,(H,29,32)(H,33,34)(H2,30,31,35);1H. The Morgan fingerprint density at radius 3 is 1.67 bits per heavy atom. The van der Waals surface area contributed by atoms with Crippen LogP contribution in [0.5, 0.6) is 0 Å². The SMILES string of the molecule is Cl.O=C(O)Cc1ccc(NC(=O)Nc2ccc(Nc3c4ccccc4nc4ccccc34)cc2)cc1. The molecule has 2 amide bonds. The van der Waals surface area contributed by atoms with Gasteiger partial charge >= 0.3 is 12.0 Å². The van der Waals surface area contributed by atoms with E-state index >= 15 is 0 Å². The summed E-state index contributed by atoms with van der Waals surface area (Å²) in [6.45, 7) is 0. The van der Waals surface area contributed by atoms with Crippen LogP contribution in [-0.2, 0) is 11.2 Å². The molecule has 5 aromatic rings. The van der Waals surface area contributed by atoms with Gasteiger partial charge < -0.3 is 21.1 Å². The minimum absolute atomic E-state index is 0. The van der Waals surface area contributed by atoms with Crippen LogP contribution in [0.4, 0.5) is 27.5 Å². The molecule has 0 atom stereocenters. The lowest BCUT2D eigenvalue weighted by molar-refractivity contribution is -0.136. The van der Waals surface area contributed by atoms with E-state index in [1.807, 2.05) is 72.8 Å². The Balaban J connectivity index is 0.00000304. The van der Waals surface area contributed by atoms with Crippen molar-refractivity contribution in [1.29, 1.82) is 0 Å². The number of amides is 2. The van der Waals surface area contributed by atoms with Gasteiger partial charge in [-0.1, -0.05) is 48.5 Å². The van der Waals surface area contributed by atoms with Crippen molar-refractivity contribution in [2.75, 3.05) is 16.0 Å². The predicted octanol–water partition coefficient (Wildman–Crippen LogP) is 6.82. The highest BCUT2D eigenvalue weighted by Crippen LogP contribution is 2.33. The van der Waals surface area contributed by atoms with Crippen LogP contribution in [0.2, 0.25) is 0 Å². The van der Waals surface area contributed by atoms with Gasteiger partial charge in [0.15, 0.2) is 0 Å². The number of fused-ring (bicyclic) bond motifs is 2. The summed E-state index contributed by atoms with van der Waals surface area (Å²) in [7, 11) is 0. The Morgan fingerprint density at radius 2 is 1.14 bits per heavy atom. The first-order valence-corrected chi connectivity index (χ1v) is 11.1. The first-order chi connectivity index (χ1) is 17.0. The topological polar surface area (TPSA) is 103 Å². The third kappa shape index (κ3) is 5.54. The number of pyridine rings is 1. The van der Waals surface area contributed by atoms with Crippen LogP contribution in [-0.4, -0.2) is 22.1 Å². The maximum absolute atomic E-state index is 12.4. The molecule has 0 aliphatic rings.